The first-order chi connectivity index (χ1) is 8.66. The number of carboxylic acid groups (broad SMARTS) is 1. The monoisotopic (exact) mass is 238 g/mol. The molecule has 0 amide bonds. The minimum Gasteiger partial charge on any atom is -0.478 e. The molecule has 0 aliphatic rings. The number of hydrogen-bond acceptors (Lipinski definition) is 1. The van der Waals surface area contributed by atoms with Crippen molar-refractivity contribution >= 4 is 11.5 Å². The van der Waals surface area contributed by atoms with Crippen molar-refractivity contribution in [1.82, 2.24) is 0 Å². The lowest BCUT2D eigenvalue weighted by molar-refractivity contribution is -0.131. The number of carbonyl (C=O) groups is 1. The molecule has 0 atom stereocenters. The topological polar surface area (TPSA) is 37.3 Å². The maximum absolute atomic E-state index is 10.6. The summed E-state index contributed by atoms with van der Waals surface area (Å²) in [5.74, 6) is -0.917. The largest absolute Gasteiger partial charge is 0.478 e. The Bertz CT molecular complexity index is 566. The van der Waals surface area contributed by atoms with Gasteiger partial charge >= 0.3 is 5.97 Å². The highest BCUT2D eigenvalue weighted by molar-refractivity contribution is 5.89. The van der Waals surface area contributed by atoms with Crippen molar-refractivity contribution < 1.29 is 9.90 Å². The van der Waals surface area contributed by atoms with E-state index in [4.69, 9.17) is 5.11 Å². The van der Waals surface area contributed by atoms with Crippen molar-refractivity contribution in [2.24, 2.45) is 0 Å². The molecule has 0 saturated heterocycles. The third-order valence-corrected chi connectivity index (χ3v) is 2.79. The van der Waals surface area contributed by atoms with E-state index in [1.165, 1.54) is 6.08 Å². The Hall–Kier alpha value is -2.35. The van der Waals surface area contributed by atoms with Crippen molar-refractivity contribution in [3.8, 4) is 11.1 Å². The summed E-state index contributed by atoms with van der Waals surface area (Å²) >= 11 is 0. The van der Waals surface area contributed by atoms with Gasteiger partial charge in [-0.05, 0) is 29.2 Å². The van der Waals surface area contributed by atoms with E-state index in [1.807, 2.05) is 42.5 Å². The van der Waals surface area contributed by atoms with Gasteiger partial charge in [-0.15, -0.1) is 0 Å². The van der Waals surface area contributed by atoms with Gasteiger partial charge in [-0.2, -0.15) is 0 Å². The molecule has 0 aliphatic heterocycles. The second-order valence-electron chi connectivity index (χ2n) is 4.11. The lowest BCUT2D eigenvalue weighted by Gasteiger charge is -2.04. The molecule has 2 aromatic carbocycles. The van der Waals surface area contributed by atoms with Gasteiger partial charge in [-0.3, -0.25) is 0 Å². The second kappa shape index (κ2) is 5.32. The van der Waals surface area contributed by atoms with Crippen LogP contribution in [0.15, 0.2) is 60.7 Å². The van der Waals surface area contributed by atoms with Crippen LogP contribution in [0.5, 0.6) is 0 Å². The van der Waals surface area contributed by atoms with E-state index in [9.17, 15) is 4.79 Å². The third kappa shape index (κ3) is 2.86. The molecule has 1 N–H and O–H groups in total. The minimum absolute atomic E-state index is 0.752. The molecule has 0 spiro atoms. The molecular weight excluding hydrogens is 224 g/mol. The summed E-state index contributed by atoms with van der Waals surface area (Å²) < 4.78 is 0. The molecule has 90 valence electrons. The van der Waals surface area contributed by atoms with Crippen LogP contribution in [0.2, 0.25) is 0 Å². The van der Waals surface area contributed by atoms with Crippen molar-refractivity contribution in [3.63, 3.8) is 0 Å². The Morgan fingerprint density at radius 2 is 1.50 bits per heavy atom. The van der Waals surface area contributed by atoms with Crippen LogP contribution in [0.4, 0.5) is 0 Å². The van der Waals surface area contributed by atoms with Gasteiger partial charge in [0.15, 0.2) is 0 Å². The van der Waals surface area contributed by atoms with Gasteiger partial charge < -0.3 is 5.11 Å². The van der Waals surface area contributed by atoms with E-state index >= 15 is 0 Å². The van der Waals surface area contributed by atoms with Crippen LogP contribution >= 0.6 is 0 Å². The quantitative estimate of drug-likeness (QED) is 0.825. The van der Waals surface area contributed by atoms with Crippen LogP contribution in [0.1, 0.15) is 12.5 Å². The molecule has 2 nitrogen and oxygen atoms in total. The summed E-state index contributed by atoms with van der Waals surface area (Å²) in [5.41, 5.74) is 3.96. The molecule has 2 rings (SSSR count). The van der Waals surface area contributed by atoms with Gasteiger partial charge in [0.2, 0.25) is 0 Å². The van der Waals surface area contributed by atoms with Gasteiger partial charge in [0.25, 0.3) is 0 Å². The average Bonchev–Trinajstić information content (AvgIpc) is 2.39. The molecular formula is C16H14O2. The van der Waals surface area contributed by atoms with Crippen LogP contribution in [-0.2, 0) is 4.79 Å². The van der Waals surface area contributed by atoms with Crippen molar-refractivity contribution in [3.05, 3.63) is 66.2 Å². The lowest BCUT2D eigenvalue weighted by Crippen LogP contribution is -1.90. The van der Waals surface area contributed by atoms with Gasteiger partial charge in [-0.25, -0.2) is 4.79 Å². The zero-order chi connectivity index (χ0) is 13.0. The van der Waals surface area contributed by atoms with Gasteiger partial charge in [0, 0.05) is 6.08 Å². The smallest absolute Gasteiger partial charge is 0.328 e. The Labute approximate surface area is 106 Å². The molecule has 2 aromatic rings. The third-order valence-electron chi connectivity index (χ3n) is 2.79. The van der Waals surface area contributed by atoms with Crippen molar-refractivity contribution in [2.75, 3.05) is 0 Å². The van der Waals surface area contributed by atoms with E-state index in [0.717, 1.165) is 22.3 Å². The molecule has 0 aromatic heterocycles. The van der Waals surface area contributed by atoms with Gasteiger partial charge in [-0.1, -0.05) is 54.6 Å². The maximum atomic E-state index is 10.6. The molecule has 0 heterocycles. The Balaban J connectivity index is 2.29. The predicted molar refractivity (Wildman–Crippen MR) is 73.2 cm³/mol. The highest BCUT2D eigenvalue weighted by Crippen LogP contribution is 2.22. The van der Waals surface area contributed by atoms with Crippen LogP contribution in [0.3, 0.4) is 0 Å². The van der Waals surface area contributed by atoms with E-state index in [-0.39, 0.29) is 0 Å². The van der Waals surface area contributed by atoms with Gasteiger partial charge in [0.05, 0.1) is 0 Å². The Morgan fingerprint density at radius 3 is 2.06 bits per heavy atom. The first-order valence-corrected chi connectivity index (χ1v) is 5.74. The van der Waals surface area contributed by atoms with E-state index in [0.29, 0.717) is 0 Å². The first-order valence-electron chi connectivity index (χ1n) is 5.74. The Kier molecular flexibility index (Phi) is 3.58. The normalized spacial score (nSPS) is 11.3. The molecule has 0 aliphatic carbocycles. The van der Waals surface area contributed by atoms with E-state index < -0.39 is 5.97 Å². The molecule has 0 saturated carbocycles. The predicted octanol–water partition coefficient (Wildman–Crippen LogP) is 3.84. The summed E-state index contributed by atoms with van der Waals surface area (Å²) in [6.07, 6.45) is 1.22. The van der Waals surface area contributed by atoms with E-state index in [2.05, 4.69) is 12.1 Å². The molecule has 0 bridgehead atoms. The SMILES string of the molecule is C/C(=C/C(=O)O)c1ccc(-c2ccccc2)cc1. The average molecular weight is 238 g/mol. The van der Waals surface area contributed by atoms with E-state index in [1.54, 1.807) is 6.92 Å². The number of aliphatic carboxylic acids is 1. The Morgan fingerprint density at radius 1 is 0.944 bits per heavy atom. The number of hydrogen-bond donors (Lipinski definition) is 1. The lowest BCUT2D eigenvalue weighted by atomic mass is 10.0. The highest BCUT2D eigenvalue weighted by Gasteiger charge is 2.00. The van der Waals surface area contributed by atoms with Crippen LogP contribution in [0.25, 0.3) is 16.7 Å². The van der Waals surface area contributed by atoms with Crippen LogP contribution in [-0.4, -0.2) is 11.1 Å². The zero-order valence-corrected chi connectivity index (χ0v) is 10.1. The molecule has 18 heavy (non-hydrogen) atoms. The number of rotatable bonds is 3. The zero-order valence-electron chi connectivity index (χ0n) is 10.1. The summed E-state index contributed by atoms with van der Waals surface area (Å²) in [4.78, 5) is 10.6. The molecule has 2 heteroatoms. The highest BCUT2D eigenvalue weighted by atomic mass is 16.4. The summed E-state index contributed by atoms with van der Waals surface area (Å²) in [7, 11) is 0. The summed E-state index contributed by atoms with van der Waals surface area (Å²) in [6, 6.07) is 18.0. The van der Waals surface area contributed by atoms with Crippen LogP contribution < -0.4 is 0 Å². The fraction of sp³-hybridized carbons (Fsp3) is 0.0625. The minimum atomic E-state index is -0.917. The second-order valence-corrected chi connectivity index (χ2v) is 4.11. The maximum Gasteiger partial charge on any atom is 0.328 e. The van der Waals surface area contributed by atoms with Crippen LogP contribution in [0, 0.1) is 0 Å². The summed E-state index contributed by atoms with van der Waals surface area (Å²) in [5, 5.41) is 8.70. The number of allylic oxidation sites excluding steroid dienone is 1. The molecule has 0 unspecified atom stereocenters. The molecule has 0 radical (unpaired) electrons. The number of benzene rings is 2. The fourth-order valence-corrected chi connectivity index (χ4v) is 1.82. The fourth-order valence-electron chi connectivity index (χ4n) is 1.82. The van der Waals surface area contributed by atoms with Crippen molar-refractivity contribution in [2.45, 2.75) is 6.92 Å². The molecule has 0 fully saturated rings. The summed E-state index contributed by atoms with van der Waals surface area (Å²) in [6.45, 7) is 1.80. The standard InChI is InChI=1S/C16H14O2/c1-12(11-16(17)18)13-7-9-15(10-8-13)14-5-3-2-4-6-14/h2-11H,1H3,(H,17,18)/b12-11-. The van der Waals surface area contributed by atoms with Crippen molar-refractivity contribution in [1.29, 1.82) is 0 Å². The first kappa shape index (κ1) is 12.1. The van der Waals surface area contributed by atoms with Gasteiger partial charge in [0.1, 0.15) is 0 Å². The number of carboxylic acids is 1.